The van der Waals surface area contributed by atoms with E-state index >= 15 is 0 Å². The molecule has 0 aromatic carbocycles. The minimum absolute atomic E-state index is 0.0136. The average molecular weight is 499 g/mol. The standard InChI is InChI=1S/C32H50O4/c1-19-11-14-28(4)17-18-30(6)22(26(28)20(19)2)9-10-23-29(5)15-13-25(36-21(3)33)32(8,27(34)35)24(29)12-16-31(23,30)7/h9,19-20,23-26H,10-18H2,1-8H3,(H,34,35)/t19-,20-,23-,24+,25-,26+,28-,29+,30-,31-,32+/m1/s1. The van der Waals surface area contributed by atoms with E-state index in [9.17, 15) is 14.7 Å². The highest BCUT2D eigenvalue weighted by molar-refractivity contribution is 5.77. The lowest BCUT2D eigenvalue weighted by molar-refractivity contribution is -0.223. The third-order valence-electron chi connectivity index (χ3n) is 13.8. The molecule has 4 nitrogen and oxygen atoms in total. The van der Waals surface area contributed by atoms with Gasteiger partial charge in [0.25, 0.3) is 0 Å². The molecule has 0 heterocycles. The fourth-order valence-corrected chi connectivity index (χ4v) is 11.2. The summed E-state index contributed by atoms with van der Waals surface area (Å²) in [6.07, 6.45) is 12.0. The van der Waals surface area contributed by atoms with Gasteiger partial charge in [0.15, 0.2) is 0 Å². The van der Waals surface area contributed by atoms with Crippen molar-refractivity contribution in [2.75, 3.05) is 0 Å². The Bertz CT molecular complexity index is 985. The van der Waals surface area contributed by atoms with Crippen molar-refractivity contribution in [3.8, 4) is 0 Å². The fourth-order valence-electron chi connectivity index (χ4n) is 11.2. The monoisotopic (exact) mass is 498 g/mol. The van der Waals surface area contributed by atoms with Crippen molar-refractivity contribution in [1.82, 2.24) is 0 Å². The highest BCUT2D eigenvalue weighted by Gasteiger charge is 2.70. The number of carboxylic acid groups (broad SMARTS) is 1. The van der Waals surface area contributed by atoms with Crippen LogP contribution in [0.4, 0.5) is 0 Å². The van der Waals surface area contributed by atoms with Gasteiger partial charge in [-0.3, -0.25) is 9.59 Å². The molecule has 4 heteroatoms. The van der Waals surface area contributed by atoms with Gasteiger partial charge in [-0.05, 0) is 116 Å². The molecule has 5 aliphatic rings. The van der Waals surface area contributed by atoms with Gasteiger partial charge in [-0.1, -0.05) is 53.2 Å². The van der Waals surface area contributed by atoms with Crippen LogP contribution in [0.5, 0.6) is 0 Å². The maximum Gasteiger partial charge on any atom is 0.313 e. The molecule has 0 bridgehead atoms. The second-order valence-electron chi connectivity index (χ2n) is 15.0. The summed E-state index contributed by atoms with van der Waals surface area (Å²) < 4.78 is 5.69. The molecule has 0 aliphatic heterocycles. The summed E-state index contributed by atoms with van der Waals surface area (Å²) in [4.78, 5) is 24.8. The summed E-state index contributed by atoms with van der Waals surface area (Å²) >= 11 is 0. The molecule has 1 N–H and O–H groups in total. The van der Waals surface area contributed by atoms with Gasteiger partial charge < -0.3 is 9.84 Å². The smallest absolute Gasteiger partial charge is 0.313 e. The zero-order chi connectivity index (χ0) is 26.5. The van der Waals surface area contributed by atoms with Gasteiger partial charge in [0.2, 0.25) is 0 Å². The Hall–Kier alpha value is -1.32. The molecule has 0 unspecified atom stereocenters. The predicted octanol–water partition coefficient (Wildman–Crippen LogP) is 7.66. The average Bonchev–Trinajstić information content (AvgIpc) is 2.79. The molecule has 11 atom stereocenters. The number of aliphatic carboxylic acids is 1. The first kappa shape index (κ1) is 26.3. The maximum absolute atomic E-state index is 12.9. The first-order valence-corrected chi connectivity index (χ1v) is 14.8. The third-order valence-corrected chi connectivity index (χ3v) is 13.8. The molecule has 36 heavy (non-hydrogen) atoms. The Kier molecular flexibility index (Phi) is 5.91. The number of carbonyl (C=O) groups excluding carboxylic acids is 1. The van der Waals surface area contributed by atoms with E-state index in [0.717, 1.165) is 37.5 Å². The second-order valence-corrected chi connectivity index (χ2v) is 15.0. The summed E-state index contributed by atoms with van der Waals surface area (Å²) in [5.41, 5.74) is 1.40. The highest BCUT2D eigenvalue weighted by atomic mass is 16.5. The number of carbonyl (C=O) groups is 2. The molecule has 4 saturated carbocycles. The first-order valence-electron chi connectivity index (χ1n) is 14.8. The quantitative estimate of drug-likeness (QED) is 0.313. The van der Waals surface area contributed by atoms with Gasteiger partial charge in [-0.2, -0.15) is 0 Å². The van der Waals surface area contributed by atoms with Crippen LogP contribution >= 0.6 is 0 Å². The highest BCUT2D eigenvalue weighted by Crippen LogP contribution is 2.75. The van der Waals surface area contributed by atoms with Crippen molar-refractivity contribution < 1.29 is 19.4 Å². The predicted molar refractivity (Wildman–Crippen MR) is 142 cm³/mol. The van der Waals surface area contributed by atoms with Crippen LogP contribution in [0.15, 0.2) is 11.6 Å². The number of hydrogen-bond donors (Lipinski definition) is 1. The van der Waals surface area contributed by atoms with E-state index in [2.05, 4.69) is 47.6 Å². The maximum atomic E-state index is 12.9. The summed E-state index contributed by atoms with van der Waals surface area (Å²) in [7, 11) is 0. The second kappa shape index (κ2) is 8.09. The molecule has 0 saturated heterocycles. The van der Waals surface area contributed by atoms with Gasteiger partial charge in [0.05, 0.1) is 0 Å². The SMILES string of the molecule is CC(=O)O[C@@H]1CC[C@@]2(C)[C@H]3CC=C4[C@@H]5[C@H](C)[C@H](C)CC[C@]5(C)CC[C@@]4(C)[C@]3(C)CC[C@@H]2[C@]1(C)C(=O)O. The minimum atomic E-state index is -1.04. The molecular formula is C32H50O4. The lowest BCUT2D eigenvalue weighted by Gasteiger charge is -2.71. The van der Waals surface area contributed by atoms with Crippen molar-refractivity contribution in [3.63, 3.8) is 0 Å². The molecule has 0 amide bonds. The number of ether oxygens (including phenoxy) is 1. The van der Waals surface area contributed by atoms with E-state index in [-0.39, 0.29) is 28.1 Å². The van der Waals surface area contributed by atoms with Crippen molar-refractivity contribution in [1.29, 1.82) is 0 Å². The van der Waals surface area contributed by atoms with E-state index in [1.165, 1.54) is 32.6 Å². The molecular weight excluding hydrogens is 448 g/mol. The molecule has 5 rings (SSSR count). The topological polar surface area (TPSA) is 63.6 Å². The summed E-state index contributed by atoms with van der Waals surface area (Å²) in [6, 6.07) is 0. The van der Waals surface area contributed by atoms with E-state index < -0.39 is 17.5 Å². The van der Waals surface area contributed by atoms with Gasteiger partial charge in [-0.25, -0.2) is 0 Å². The van der Waals surface area contributed by atoms with Crippen LogP contribution < -0.4 is 0 Å². The normalized spacial score (nSPS) is 54.2. The molecule has 5 aliphatic carbocycles. The number of hydrogen-bond acceptors (Lipinski definition) is 3. The van der Waals surface area contributed by atoms with E-state index in [4.69, 9.17) is 4.74 Å². The summed E-state index contributed by atoms with van der Waals surface area (Å²) in [6.45, 7) is 18.4. The summed E-state index contributed by atoms with van der Waals surface area (Å²) in [5.74, 6) is 1.47. The number of carboxylic acids is 1. The largest absolute Gasteiger partial charge is 0.481 e. The Morgan fingerprint density at radius 2 is 1.61 bits per heavy atom. The van der Waals surface area contributed by atoms with Crippen LogP contribution in [-0.4, -0.2) is 23.1 Å². The fraction of sp³-hybridized carbons (Fsp3) is 0.875. The van der Waals surface area contributed by atoms with Crippen LogP contribution in [0.25, 0.3) is 0 Å². The van der Waals surface area contributed by atoms with Crippen LogP contribution in [-0.2, 0) is 14.3 Å². The Morgan fingerprint density at radius 1 is 0.917 bits per heavy atom. The Morgan fingerprint density at radius 3 is 2.25 bits per heavy atom. The lowest BCUT2D eigenvalue weighted by atomic mass is 9.33. The Balaban J connectivity index is 1.57. The van der Waals surface area contributed by atoms with Gasteiger partial charge in [-0.15, -0.1) is 0 Å². The molecule has 0 aromatic rings. The molecule has 0 radical (unpaired) electrons. The molecule has 4 fully saturated rings. The van der Waals surface area contributed by atoms with Crippen LogP contribution in [0.1, 0.15) is 113 Å². The number of allylic oxidation sites excluding steroid dienone is 2. The van der Waals surface area contributed by atoms with Crippen molar-refractivity contribution in [3.05, 3.63) is 11.6 Å². The molecule has 202 valence electrons. The first-order chi connectivity index (χ1) is 16.6. The van der Waals surface area contributed by atoms with Gasteiger partial charge in [0.1, 0.15) is 11.5 Å². The molecule has 0 spiro atoms. The van der Waals surface area contributed by atoms with Crippen LogP contribution in [0.2, 0.25) is 0 Å². The minimum Gasteiger partial charge on any atom is -0.481 e. The zero-order valence-electron chi connectivity index (χ0n) is 24.1. The number of esters is 1. The number of rotatable bonds is 2. The van der Waals surface area contributed by atoms with Crippen molar-refractivity contribution in [2.45, 2.75) is 119 Å². The Labute approximate surface area is 219 Å². The van der Waals surface area contributed by atoms with Crippen molar-refractivity contribution in [2.24, 2.45) is 56.7 Å². The summed E-state index contributed by atoms with van der Waals surface area (Å²) in [5, 5.41) is 10.5. The van der Waals surface area contributed by atoms with Crippen LogP contribution in [0, 0.1) is 56.7 Å². The van der Waals surface area contributed by atoms with Crippen LogP contribution in [0.3, 0.4) is 0 Å². The lowest BCUT2D eigenvalue weighted by Crippen LogP contribution is -2.66. The van der Waals surface area contributed by atoms with E-state index in [1.54, 1.807) is 5.57 Å². The molecule has 0 aromatic heterocycles. The third kappa shape index (κ3) is 3.17. The number of fused-ring (bicyclic) bond motifs is 7. The van der Waals surface area contributed by atoms with Gasteiger partial charge in [0, 0.05) is 6.92 Å². The van der Waals surface area contributed by atoms with Crippen molar-refractivity contribution >= 4 is 11.9 Å². The van der Waals surface area contributed by atoms with E-state index in [1.807, 2.05) is 6.92 Å². The zero-order valence-corrected chi connectivity index (χ0v) is 24.1. The van der Waals surface area contributed by atoms with E-state index in [0.29, 0.717) is 23.7 Å². The van der Waals surface area contributed by atoms with Gasteiger partial charge >= 0.3 is 11.9 Å².